The number of hydrogen-bond acceptors (Lipinski definition) is 4. The zero-order valence-corrected chi connectivity index (χ0v) is 20.1. The van der Waals surface area contributed by atoms with Gasteiger partial charge < -0.3 is 25.0 Å². The first kappa shape index (κ1) is 25.0. The van der Waals surface area contributed by atoms with Gasteiger partial charge in [-0.2, -0.15) is 0 Å². The number of carbonyl (C=O) groups excluding carboxylic acids is 1. The molecule has 1 fully saturated rings. The van der Waals surface area contributed by atoms with E-state index in [4.69, 9.17) is 9.47 Å². The fraction of sp³-hybridized carbons (Fsp3) is 0.667. The molecule has 1 amide bonds. The van der Waals surface area contributed by atoms with E-state index in [1.807, 2.05) is 39.8 Å². The zero-order valence-electron chi connectivity index (χ0n) is 20.1. The van der Waals surface area contributed by atoms with E-state index in [1.54, 1.807) is 19.0 Å². The molecule has 0 radical (unpaired) electrons. The molecule has 0 heterocycles. The van der Waals surface area contributed by atoms with Gasteiger partial charge in [-0.3, -0.25) is 4.99 Å². The zero-order chi connectivity index (χ0) is 22.9. The van der Waals surface area contributed by atoms with Crippen LogP contribution >= 0.6 is 0 Å². The van der Waals surface area contributed by atoms with Crippen molar-refractivity contribution < 1.29 is 14.3 Å². The van der Waals surface area contributed by atoms with E-state index in [0.717, 1.165) is 43.3 Å². The van der Waals surface area contributed by atoms with Gasteiger partial charge in [0.2, 0.25) is 0 Å². The molecule has 7 heteroatoms. The van der Waals surface area contributed by atoms with Crippen molar-refractivity contribution in [1.82, 2.24) is 15.5 Å². The number of aliphatic imine (C=N–C) groups is 1. The van der Waals surface area contributed by atoms with Gasteiger partial charge in [-0.25, -0.2) is 4.79 Å². The maximum Gasteiger partial charge on any atom is 0.410 e. The first-order valence-electron chi connectivity index (χ1n) is 11.2. The molecule has 0 spiro atoms. The van der Waals surface area contributed by atoms with Crippen LogP contribution in [0.5, 0.6) is 0 Å². The third-order valence-electron chi connectivity index (χ3n) is 5.40. The highest BCUT2D eigenvalue weighted by molar-refractivity contribution is 5.79. The molecule has 0 bridgehead atoms. The van der Waals surface area contributed by atoms with Gasteiger partial charge in [-0.15, -0.1) is 0 Å². The Morgan fingerprint density at radius 2 is 1.81 bits per heavy atom. The standard InChI is InChI=1S/C24H40N4O3/c1-7-30-15-14-24(12-13-24)18-27-21(25-5)26-16-19-8-10-20(11-9-19)17-28(6)22(29)31-23(2,3)4/h8-11H,7,12-18H2,1-6H3,(H2,25,26,27). The minimum absolute atomic E-state index is 0.317. The average molecular weight is 433 g/mol. The maximum absolute atomic E-state index is 12.1. The minimum Gasteiger partial charge on any atom is -0.444 e. The molecule has 1 aliphatic carbocycles. The molecule has 0 aliphatic heterocycles. The number of hydrogen-bond donors (Lipinski definition) is 2. The lowest BCUT2D eigenvalue weighted by Gasteiger charge is -2.24. The molecule has 0 unspecified atom stereocenters. The first-order valence-corrected chi connectivity index (χ1v) is 11.2. The SMILES string of the molecule is CCOCCC1(CNC(=NC)NCc2ccc(CN(C)C(=O)OC(C)(C)C)cc2)CC1. The van der Waals surface area contributed by atoms with E-state index in [2.05, 4.69) is 27.8 Å². The van der Waals surface area contributed by atoms with Crippen LogP contribution in [0.2, 0.25) is 0 Å². The van der Waals surface area contributed by atoms with Gasteiger partial charge in [0.15, 0.2) is 5.96 Å². The third-order valence-corrected chi connectivity index (χ3v) is 5.40. The molecular weight excluding hydrogens is 392 g/mol. The van der Waals surface area contributed by atoms with Crippen LogP contribution in [0.4, 0.5) is 4.79 Å². The molecule has 0 saturated heterocycles. The molecule has 1 saturated carbocycles. The van der Waals surface area contributed by atoms with Crippen molar-refractivity contribution in [2.24, 2.45) is 10.4 Å². The third kappa shape index (κ3) is 9.17. The fourth-order valence-electron chi connectivity index (χ4n) is 3.24. The van der Waals surface area contributed by atoms with Crippen LogP contribution < -0.4 is 10.6 Å². The Hall–Kier alpha value is -2.28. The molecule has 0 atom stereocenters. The second-order valence-electron chi connectivity index (χ2n) is 9.38. The Morgan fingerprint density at radius 1 is 1.16 bits per heavy atom. The summed E-state index contributed by atoms with van der Waals surface area (Å²) in [5.74, 6) is 0.816. The number of nitrogens with zero attached hydrogens (tertiary/aromatic N) is 2. The normalized spacial score (nSPS) is 15.4. The van der Waals surface area contributed by atoms with Crippen molar-refractivity contribution in [2.75, 3.05) is 33.9 Å². The quantitative estimate of drug-likeness (QED) is 0.333. The van der Waals surface area contributed by atoms with Crippen molar-refractivity contribution in [3.05, 3.63) is 35.4 Å². The maximum atomic E-state index is 12.1. The average Bonchev–Trinajstić information content (AvgIpc) is 3.48. The van der Waals surface area contributed by atoms with Gasteiger partial charge in [0.1, 0.15) is 5.60 Å². The summed E-state index contributed by atoms with van der Waals surface area (Å²) in [7, 11) is 3.55. The second kappa shape index (κ2) is 11.4. The molecule has 0 aromatic heterocycles. The Balaban J connectivity index is 1.76. The van der Waals surface area contributed by atoms with E-state index in [9.17, 15) is 4.79 Å². The van der Waals surface area contributed by atoms with Gasteiger partial charge in [0, 0.05) is 46.9 Å². The summed E-state index contributed by atoms with van der Waals surface area (Å²) in [4.78, 5) is 18.0. The van der Waals surface area contributed by atoms with E-state index in [-0.39, 0.29) is 6.09 Å². The Labute approximate surface area is 187 Å². The van der Waals surface area contributed by atoms with Crippen molar-refractivity contribution in [1.29, 1.82) is 0 Å². The lowest BCUT2D eigenvalue weighted by atomic mass is 10.0. The smallest absolute Gasteiger partial charge is 0.410 e. The molecule has 1 aromatic rings. The molecule has 174 valence electrons. The molecular formula is C24H40N4O3. The Morgan fingerprint density at radius 3 is 2.35 bits per heavy atom. The highest BCUT2D eigenvalue weighted by atomic mass is 16.6. The van der Waals surface area contributed by atoms with Crippen LogP contribution in [-0.4, -0.2) is 56.4 Å². The number of guanidine groups is 1. The van der Waals surface area contributed by atoms with Gasteiger partial charge in [-0.1, -0.05) is 24.3 Å². The highest BCUT2D eigenvalue weighted by Gasteiger charge is 2.41. The number of benzene rings is 1. The second-order valence-corrected chi connectivity index (χ2v) is 9.38. The highest BCUT2D eigenvalue weighted by Crippen LogP contribution is 2.48. The first-order chi connectivity index (χ1) is 14.7. The summed E-state index contributed by atoms with van der Waals surface area (Å²) >= 11 is 0. The van der Waals surface area contributed by atoms with Crippen molar-refractivity contribution >= 4 is 12.1 Å². The summed E-state index contributed by atoms with van der Waals surface area (Å²) in [5, 5.41) is 6.84. The van der Waals surface area contributed by atoms with Crippen LogP contribution in [-0.2, 0) is 22.6 Å². The fourth-order valence-corrected chi connectivity index (χ4v) is 3.24. The number of ether oxygens (including phenoxy) is 2. The lowest BCUT2D eigenvalue weighted by molar-refractivity contribution is 0.0285. The monoisotopic (exact) mass is 432 g/mol. The summed E-state index contributed by atoms with van der Waals surface area (Å²) in [5.41, 5.74) is 2.10. The summed E-state index contributed by atoms with van der Waals surface area (Å²) < 4.78 is 10.9. The molecule has 2 N–H and O–H groups in total. The van der Waals surface area contributed by atoms with Gasteiger partial charge in [-0.05, 0) is 63.5 Å². The summed E-state index contributed by atoms with van der Waals surface area (Å²) in [6, 6.07) is 8.23. The van der Waals surface area contributed by atoms with Crippen molar-refractivity contribution in [3.8, 4) is 0 Å². The number of carbonyl (C=O) groups is 1. The van der Waals surface area contributed by atoms with Crippen molar-refractivity contribution in [2.45, 2.75) is 65.6 Å². The summed E-state index contributed by atoms with van der Waals surface area (Å²) in [6.45, 7) is 11.4. The Kier molecular flexibility index (Phi) is 9.16. The molecule has 1 aliphatic rings. The van der Waals surface area contributed by atoms with Gasteiger partial charge in [0.25, 0.3) is 0 Å². The molecule has 7 nitrogen and oxygen atoms in total. The number of rotatable bonds is 10. The molecule has 2 rings (SSSR count). The van der Waals surface area contributed by atoms with E-state index in [0.29, 0.717) is 18.5 Å². The largest absolute Gasteiger partial charge is 0.444 e. The predicted octanol–water partition coefficient (Wildman–Crippen LogP) is 3.93. The number of amides is 1. The van der Waals surface area contributed by atoms with Crippen LogP contribution in [0.15, 0.2) is 29.3 Å². The summed E-state index contributed by atoms with van der Waals surface area (Å²) in [6.07, 6.45) is 3.29. The van der Waals surface area contributed by atoms with Crippen LogP contribution in [0.25, 0.3) is 0 Å². The molecule has 1 aromatic carbocycles. The van der Waals surface area contributed by atoms with E-state index < -0.39 is 5.60 Å². The van der Waals surface area contributed by atoms with E-state index >= 15 is 0 Å². The Bertz CT molecular complexity index is 721. The van der Waals surface area contributed by atoms with Crippen LogP contribution in [0.3, 0.4) is 0 Å². The van der Waals surface area contributed by atoms with E-state index in [1.165, 1.54) is 12.8 Å². The predicted molar refractivity (Wildman–Crippen MR) is 125 cm³/mol. The molecule has 31 heavy (non-hydrogen) atoms. The van der Waals surface area contributed by atoms with Gasteiger partial charge >= 0.3 is 6.09 Å². The van der Waals surface area contributed by atoms with Crippen molar-refractivity contribution in [3.63, 3.8) is 0 Å². The number of nitrogens with one attached hydrogen (secondary N) is 2. The lowest BCUT2D eigenvalue weighted by Crippen LogP contribution is -2.40. The van der Waals surface area contributed by atoms with Crippen LogP contribution in [0.1, 0.15) is 58.1 Å². The minimum atomic E-state index is -0.490. The van der Waals surface area contributed by atoms with Gasteiger partial charge in [0.05, 0.1) is 0 Å². The topological polar surface area (TPSA) is 75.2 Å². The van der Waals surface area contributed by atoms with Crippen LogP contribution in [0, 0.1) is 5.41 Å².